The number of carbonyl (C=O) groups is 1. The predicted molar refractivity (Wildman–Crippen MR) is 115 cm³/mol. The van der Waals surface area contributed by atoms with E-state index in [9.17, 15) is 4.79 Å². The van der Waals surface area contributed by atoms with E-state index in [1.807, 2.05) is 0 Å². The summed E-state index contributed by atoms with van der Waals surface area (Å²) in [5, 5.41) is 13.9. The van der Waals surface area contributed by atoms with Gasteiger partial charge in [0, 0.05) is 6.42 Å². The lowest BCUT2D eigenvalue weighted by Crippen LogP contribution is -2.17. The summed E-state index contributed by atoms with van der Waals surface area (Å²) in [6, 6.07) is 18.0. The summed E-state index contributed by atoms with van der Waals surface area (Å²) >= 11 is 0. The van der Waals surface area contributed by atoms with Crippen LogP contribution in [0.3, 0.4) is 0 Å². The van der Waals surface area contributed by atoms with E-state index in [-0.39, 0.29) is 17.3 Å². The van der Waals surface area contributed by atoms with Crippen LogP contribution >= 0.6 is 0 Å². The van der Waals surface area contributed by atoms with Gasteiger partial charge in [-0.15, -0.1) is 0 Å². The molecule has 0 heterocycles. The molecule has 0 fully saturated rings. The highest BCUT2D eigenvalue weighted by Crippen LogP contribution is 2.33. The Hall–Kier alpha value is -2.35. The molecule has 0 aromatic heterocycles. The minimum Gasteiger partial charge on any atom is -0.481 e. The summed E-state index contributed by atoms with van der Waals surface area (Å²) in [6.07, 6.45) is 1.80. The lowest BCUT2D eigenvalue weighted by molar-refractivity contribution is -0.137. The van der Waals surface area contributed by atoms with E-state index < -0.39 is 5.97 Å². The van der Waals surface area contributed by atoms with E-state index in [2.05, 4.69) is 83.1 Å². The molecule has 3 aromatic carbocycles. The minimum atomic E-state index is -0.717. The van der Waals surface area contributed by atoms with Gasteiger partial charge in [-0.05, 0) is 68.5 Å². The molecule has 1 N–H and O–H groups in total. The van der Waals surface area contributed by atoms with Gasteiger partial charge in [0.05, 0.1) is 0 Å². The average Bonchev–Trinajstić information content (AvgIpc) is 2.57. The number of hydrogen-bond donors (Lipinski definition) is 1. The van der Waals surface area contributed by atoms with Gasteiger partial charge in [-0.1, -0.05) is 71.0 Å². The number of carboxylic acids is 1. The first-order valence-electron chi connectivity index (χ1n) is 9.77. The SMILES string of the molecule is CC(C)(C)c1ccc2cc3ccc(C(C)(C)CCCC(=O)O)cc3cc2c1. The zero-order valence-corrected chi connectivity index (χ0v) is 17.1. The molecule has 0 aliphatic carbocycles. The van der Waals surface area contributed by atoms with Crippen LogP contribution in [0.5, 0.6) is 0 Å². The van der Waals surface area contributed by atoms with E-state index in [1.54, 1.807) is 0 Å². The normalized spacial score (nSPS) is 12.6. The molecule has 3 rings (SSSR count). The Kier molecular flexibility index (Phi) is 5.03. The van der Waals surface area contributed by atoms with Crippen LogP contribution in [-0.2, 0) is 15.6 Å². The molecule has 0 unspecified atom stereocenters. The van der Waals surface area contributed by atoms with Crippen LogP contribution in [0.4, 0.5) is 0 Å². The summed E-state index contributed by atoms with van der Waals surface area (Å²) in [5.74, 6) is -0.717. The van der Waals surface area contributed by atoms with Crippen LogP contribution < -0.4 is 0 Å². The standard InChI is InChI=1S/C25H30O2/c1-24(2,3)21-10-8-17-13-18-9-11-22(16-20(18)14-19(17)15-21)25(4,5)12-6-7-23(26)27/h8-11,13-16H,6-7,12H2,1-5H3,(H,26,27). The summed E-state index contributed by atoms with van der Waals surface area (Å²) < 4.78 is 0. The fourth-order valence-electron chi connectivity index (χ4n) is 3.71. The van der Waals surface area contributed by atoms with Crippen molar-refractivity contribution in [3.8, 4) is 0 Å². The molecule has 0 saturated carbocycles. The fourth-order valence-corrected chi connectivity index (χ4v) is 3.71. The zero-order chi connectivity index (χ0) is 19.8. The van der Waals surface area contributed by atoms with Gasteiger partial charge in [0.1, 0.15) is 0 Å². The summed E-state index contributed by atoms with van der Waals surface area (Å²) in [7, 11) is 0. The van der Waals surface area contributed by atoms with Crippen LogP contribution in [0.2, 0.25) is 0 Å². The molecule has 0 amide bonds. The molecule has 0 radical (unpaired) electrons. The molecule has 2 heteroatoms. The monoisotopic (exact) mass is 362 g/mol. The van der Waals surface area contributed by atoms with Crippen molar-refractivity contribution in [3.63, 3.8) is 0 Å². The van der Waals surface area contributed by atoms with Crippen molar-refractivity contribution in [1.29, 1.82) is 0 Å². The van der Waals surface area contributed by atoms with Gasteiger partial charge in [-0.3, -0.25) is 4.79 Å². The largest absolute Gasteiger partial charge is 0.481 e. The highest BCUT2D eigenvalue weighted by atomic mass is 16.4. The van der Waals surface area contributed by atoms with E-state index in [1.165, 1.54) is 32.7 Å². The van der Waals surface area contributed by atoms with Crippen molar-refractivity contribution >= 4 is 27.5 Å². The molecule has 0 aliphatic heterocycles. The van der Waals surface area contributed by atoms with Crippen molar-refractivity contribution in [3.05, 3.63) is 59.7 Å². The summed E-state index contributed by atoms with van der Waals surface area (Å²) in [5.41, 5.74) is 2.72. The van der Waals surface area contributed by atoms with Crippen LogP contribution in [0.1, 0.15) is 65.0 Å². The second-order valence-corrected chi connectivity index (χ2v) is 9.36. The highest BCUT2D eigenvalue weighted by molar-refractivity contribution is 5.98. The quantitative estimate of drug-likeness (QED) is 0.505. The number of rotatable bonds is 5. The van der Waals surface area contributed by atoms with Gasteiger partial charge in [0.2, 0.25) is 0 Å². The molecule has 27 heavy (non-hydrogen) atoms. The third-order valence-electron chi connectivity index (χ3n) is 5.64. The maximum Gasteiger partial charge on any atom is 0.303 e. The Morgan fingerprint density at radius 1 is 0.778 bits per heavy atom. The van der Waals surface area contributed by atoms with E-state index in [0.29, 0.717) is 6.42 Å². The third-order valence-corrected chi connectivity index (χ3v) is 5.64. The zero-order valence-electron chi connectivity index (χ0n) is 17.1. The first-order chi connectivity index (χ1) is 12.6. The molecule has 2 nitrogen and oxygen atoms in total. The maximum absolute atomic E-state index is 10.8. The first kappa shape index (κ1) is 19.4. The molecule has 0 saturated heterocycles. The number of hydrogen-bond acceptors (Lipinski definition) is 1. The number of carboxylic acid groups (broad SMARTS) is 1. The van der Waals surface area contributed by atoms with Gasteiger partial charge >= 0.3 is 5.97 Å². The van der Waals surface area contributed by atoms with Gasteiger partial charge in [0.15, 0.2) is 0 Å². The van der Waals surface area contributed by atoms with Crippen LogP contribution in [0.15, 0.2) is 48.5 Å². The van der Waals surface area contributed by atoms with Gasteiger partial charge in [-0.25, -0.2) is 0 Å². The third kappa shape index (κ3) is 4.32. The fraction of sp³-hybridized carbons (Fsp3) is 0.400. The molecule has 3 aromatic rings. The van der Waals surface area contributed by atoms with Crippen molar-refractivity contribution in [1.82, 2.24) is 0 Å². The molecular weight excluding hydrogens is 332 g/mol. The Balaban J connectivity index is 2.00. The maximum atomic E-state index is 10.8. The number of aliphatic carboxylic acids is 1. The van der Waals surface area contributed by atoms with Crippen molar-refractivity contribution < 1.29 is 9.90 Å². The molecule has 0 spiro atoms. The van der Waals surface area contributed by atoms with Gasteiger partial charge in [0.25, 0.3) is 0 Å². The first-order valence-corrected chi connectivity index (χ1v) is 9.77. The second kappa shape index (κ2) is 6.99. The predicted octanol–water partition coefficient (Wildman–Crippen LogP) is 6.82. The van der Waals surface area contributed by atoms with E-state index in [4.69, 9.17) is 5.11 Å². The van der Waals surface area contributed by atoms with Crippen molar-refractivity contribution in [2.45, 2.75) is 64.7 Å². The summed E-state index contributed by atoms with van der Waals surface area (Å²) in [6.45, 7) is 11.1. The molecule has 0 bridgehead atoms. The Morgan fingerprint density at radius 3 is 1.85 bits per heavy atom. The minimum absolute atomic E-state index is 0.0359. The van der Waals surface area contributed by atoms with Gasteiger partial charge < -0.3 is 5.11 Å². The number of fused-ring (bicyclic) bond motifs is 2. The lowest BCUT2D eigenvalue weighted by atomic mass is 9.79. The van der Waals surface area contributed by atoms with Crippen molar-refractivity contribution in [2.75, 3.05) is 0 Å². The number of benzene rings is 3. The molecular formula is C25H30O2. The van der Waals surface area contributed by atoms with Crippen LogP contribution in [-0.4, -0.2) is 11.1 Å². The van der Waals surface area contributed by atoms with Crippen molar-refractivity contribution in [2.24, 2.45) is 0 Å². The summed E-state index contributed by atoms with van der Waals surface area (Å²) in [4.78, 5) is 10.8. The van der Waals surface area contributed by atoms with Crippen LogP contribution in [0.25, 0.3) is 21.5 Å². The highest BCUT2D eigenvalue weighted by Gasteiger charge is 2.21. The van der Waals surface area contributed by atoms with Crippen LogP contribution in [0, 0.1) is 0 Å². The average molecular weight is 363 g/mol. The Labute approximate surface area is 162 Å². The second-order valence-electron chi connectivity index (χ2n) is 9.36. The molecule has 142 valence electrons. The molecule has 0 aliphatic rings. The van der Waals surface area contributed by atoms with E-state index >= 15 is 0 Å². The van der Waals surface area contributed by atoms with E-state index in [0.717, 1.165) is 6.42 Å². The Bertz CT molecular complexity index is 990. The van der Waals surface area contributed by atoms with Gasteiger partial charge in [-0.2, -0.15) is 0 Å². The smallest absolute Gasteiger partial charge is 0.303 e. The Morgan fingerprint density at radius 2 is 1.30 bits per heavy atom. The lowest BCUT2D eigenvalue weighted by Gasteiger charge is -2.25. The molecule has 0 atom stereocenters. The topological polar surface area (TPSA) is 37.3 Å².